The van der Waals surface area contributed by atoms with Crippen LogP contribution in [-0.4, -0.2) is 31.1 Å². The van der Waals surface area contributed by atoms with Gasteiger partial charge in [0.2, 0.25) is 0 Å². The normalized spacial score (nSPS) is 15.6. The average molecular weight is 466 g/mol. The lowest BCUT2D eigenvalue weighted by Gasteiger charge is -2.36. The van der Waals surface area contributed by atoms with Crippen LogP contribution < -0.4 is 10.6 Å². The van der Waals surface area contributed by atoms with Crippen LogP contribution in [0, 0.1) is 34.2 Å². The Kier molecular flexibility index (Phi) is 6.63. The predicted molar refractivity (Wildman–Crippen MR) is 117 cm³/mol. The second kappa shape index (κ2) is 9.41. The molecule has 174 valence electrons. The van der Waals surface area contributed by atoms with Crippen LogP contribution in [0.2, 0.25) is 0 Å². The Morgan fingerprint density at radius 1 is 1.18 bits per heavy atom. The second-order valence-electron chi connectivity index (χ2n) is 7.18. The van der Waals surface area contributed by atoms with E-state index in [0.717, 1.165) is 25.2 Å². The lowest BCUT2D eigenvalue weighted by Crippen LogP contribution is -2.41. The minimum Gasteiger partial charge on any atom is -0.466 e. The number of benzene rings is 2. The van der Waals surface area contributed by atoms with Gasteiger partial charge >= 0.3 is 11.9 Å². The maximum atomic E-state index is 14.0. The maximum Gasteiger partial charge on any atom is 0.355 e. The highest BCUT2D eigenvalue weighted by Gasteiger charge is 2.45. The van der Waals surface area contributed by atoms with Crippen molar-refractivity contribution in [1.82, 2.24) is 0 Å². The van der Waals surface area contributed by atoms with Gasteiger partial charge < -0.3 is 15.2 Å². The summed E-state index contributed by atoms with van der Waals surface area (Å²) in [5.74, 6) is -4.45. The Balaban J connectivity index is 2.53. The summed E-state index contributed by atoms with van der Waals surface area (Å²) in [6.45, 7) is 1.36. The Hall–Kier alpha value is -4.72. The van der Waals surface area contributed by atoms with Gasteiger partial charge in [0.15, 0.2) is 0 Å². The minimum absolute atomic E-state index is 0.0238. The Morgan fingerprint density at radius 3 is 2.32 bits per heavy atom. The third-order valence-electron chi connectivity index (χ3n) is 5.28. The lowest BCUT2D eigenvalue weighted by molar-refractivity contribution is -0.384. The number of allylic oxidation sites excluding steroid dienone is 1. The molecule has 2 N–H and O–H groups in total. The number of nitro benzene ring substituents is 1. The fourth-order valence-electron chi connectivity index (χ4n) is 3.89. The number of rotatable bonds is 5. The highest BCUT2D eigenvalue weighted by Crippen LogP contribution is 2.46. The summed E-state index contributed by atoms with van der Waals surface area (Å²) < 4.78 is 23.8. The molecule has 0 saturated heterocycles. The van der Waals surface area contributed by atoms with Gasteiger partial charge in [-0.3, -0.25) is 15.0 Å². The van der Waals surface area contributed by atoms with Crippen molar-refractivity contribution in [1.29, 1.82) is 5.26 Å². The molecule has 1 aliphatic heterocycles. The van der Waals surface area contributed by atoms with Crippen molar-refractivity contribution in [3.05, 3.63) is 92.2 Å². The molecule has 1 aliphatic rings. The summed E-state index contributed by atoms with van der Waals surface area (Å²) in [5.41, 5.74) is 4.78. The van der Waals surface area contributed by atoms with Crippen LogP contribution in [0.25, 0.3) is 0 Å². The zero-order chi connectivity index (χ0) is 25.2. The Bertz CT molecular complexity index is 1300. The molecule has 34 heavy (non-hydrogen) atoms. The molecule has 1 heterocycles. The van der Waals surface area contributed by atoms with Crippen LogP contribution in [0.5, 0.6) is 0 Å². The highest BCUT2D eigenvalue weighted by molar-refractivity contribution is 6.07. The number of carbonyl (C=O) groups is 2. The fourth-order valence-corrected chi connectivity index (χ4v) is 3.89. The first-order chi connectivity index (χ1) is 16.2. The van der Waals surface area contributed by atoms with Crippen LogP contribution in [0.4, 0.5) is 15.8 Å². The average Bonchev–Trinajstić information content (AvgIpc) is 2.82. The molecule has 0 aliphatic carbocycles. The van der Waals surface area contributed by atoms with E-state index in [-0.39, 0.29) is 28.2 Å². The van der Waals surface area contributed by atoms with E-state index in [1.54, 1.807) is 30.3 Å². The minimum atomic E-state index is -1.14. The van der Waals surface area contributed by atoms with E-state index < -0.39 is 40.0 Å². The Morgan fingerprint density at radius 2 is 1.79 bits per heavy atom. The van der Waals surface area contributed by atoms with Crippen molar-refractivity contribution in [2.75, 3.05) is 19.1 Å². The number of halogens is 1. The van der Waals surface area contributed by atoms with E-state index in [9.17, 15) is 29.4 Å². The molecule has 10 nitrogen and oxygen atoms in total. The molecule has 11 heteroatoms. The van der Waals surface area contributed by atoms with E-state index in [1.807, 2.05) is 6.07 Å². The lowest BCUT2D eigenvalue weighted by atomic mass is 9.80. The molecular formula is C23H19FN4O6. The summed E-state index contributed by atoms with van der Waals surface area (Å²) in [7, 11) is 2.13. The number of methoxy groups -OCH3 is 2. The monoisotopic (exact) mass is 466 g/mol. The van der Waals surface area contributed by atoms with Crippen LogP contribution in [0.3, 0.4) is 0 Å². The molecule has 1 atom stereocenters. The predicted octanol–water partition coefficient (Wildman–Crippen LogP) is 2.94. The van der Waals surface area contributed by atoms with Gasteiger partial charge in [-0.25, -0.2) is 14.0 Å². The number of nitro groups is 1. The van der Waals surface area contributed by atoms with Gasteiger partial charge in [0.25, 0.3) is 5.69 Å². The highest BCUT2D eigenvalue weighted by atomic mass is 19.1. The van der Waals surface area contributed by atoms with Gasteiger partial charge in [-0.05, 0) is 24.1 Å². The summed E-state index contributed by atoms with van der Waals surface area (Å²) in [4.78, 5) is 37.8. The van der Waals surface area contributed by atoms with Gasteiger partial charge in [-0.1, -0.05) is 30.3 Å². The SMILES string of the molecule is COC(=O)C1=C(C(=O)OC)N(c2c(C)cc(F)cc2[N+](=O)[O-])C(N)=C(C#N)C1c1ccccc1. The van der Waals surface area contributed by atoms with E-state index in [4.69, 9.17) is 15.2 Å². The van der Waals surface area contributed by atoms with Gasteiger partial charge in [0, 0.05) is 0 Å². The third kappa shape index (κ3) is 3.93. The van der Waals surface area contributed by atoms with E-state index in [0.29, 0.717) is 11.6 Å². The molecule has 2 aromatic carbocycles. The number of hydrogen-bond acceptors (Lipinski definition) is 9. The molecule has 0 bridgehead atoms. The summed E-state index contributed by atoms with van der Waals surface area (Å²) in [6.07, 6.45) is 0. The first kappa shape index (κ1) is 23.9. The van der Waals surface area contributed by atoms with Crippen molar-refractivity contribution in [3.63, 3.8) is 0 Å². The fraction of sp³-hybridized carbons (Fsp3) is 0.174. The summed E-state index contributed by atoms with van der Waals surface area (Å²) >= 11 is 0. The number of ether oxygens (including phenoxy) is 2. The summed E-state index contributed by atoms with van der Waals surface area (Å²) in [6, 6.07) is 11.9. The maximum absolute atomic E-state index is 14.0. The van der Waals surface area contributed by atoms with E-state index in [1.165, 1.54) is 6.92 Å². The standard InChI is InChI=1S/C23H19FN4O6/c1-12-9-14(24)10-16(28(31)32)19(12)27-20(23(30)34-3)18(22(29)33-2)17(15(11-25)21(27)26)13-7-5-4-6-8-13/h4-10,17H,26H2,1-3H3. The van der Waals surface area contributed by atoms with Crippen molar-refractivity contribution >= 4 is 23.3 Å². The number of nitrogens with zero attached hydrogens (tertiary/aromatic N) is 3. The van der Waals surface area contributed by atoms with Crippen molar-refractivity contribution in [3.8, 4) is 6.07 Å². The quantitative estimate of drug-likeness (QED) is 0.399. The third-order valence-corrected chi connectivity index (χ3v) is 5.28. The molecule has 0 aromatic heterocycles. The van der Waals surface area contributed by atoms with Crippen molar-refractivity contribution in [2.45, 2.75) is 12.8 Å². The molecule has 0 amide bonds. The number of nitrogens with two attached hydrogens (primary N) is 1. The zero-order valence-corrected chi connectivity index (χ0v) is 18.4. The molecule has 2 aromatic rings. The van der Waals surface area contributed by atoms with E-state index in [2.05, 4.69) is 0 Å². The number of nitriles is 1. The van der Waals surface area contributed by atoms with E-state index >= 15 is 0 Å². The van der Waals surface area contributed by atoms with Gasteiger partial charge in [0.05, 0.1) is 48.3 Å². The number of hydrogen-bond donors (Lipinski definition) is 1. The Labute approximate surface area is 193 Å². The molecule has 0 fully saturated rings. The molecule has 0 radical (unpaired) electrons. The van der Waals surface area contributed by atoms with Crippen LogP contribution in [0.1, 0.15) is 17.0 Å². The zero-order valence-electron chi connectivity index (χ0n) is 18.4. The van der Waals surface area contributed by atoms with Crippen LogP contribution >= 0.6 is 0 Å². The van der Waals surface area contributed by atoms with Gasteiger partial charge in [0.1, 0.15) is 23.0 Å². The molecule has 3 rings (SSSR count). The van der Waals surface area contributed by atoms with Gasteiger partial charge in [-0.2, -0.15) is 5.26 Å². The molecular weight excluding hydrogens is 447 g/mol. The molecule has 0 spiro atoms. The molecule has 1 unspecified atom stereocenters. The van der Waals surface area contributed by atoms with Gasteiger partial charge in [-0.15, -0.1) is 0 Å². The summed E-state index contributed by atoms with van der Waals surface area (Å²) in [5, 5.41) is 21.8. The smallest absolute Gasteiger partial charge is 0.355 e. The van der Waals surface area contributed by atoms with Crippen molar-refractivity contribution < 1.29 is 28.4 Å². The first-order valence-electron chi connectivity index (χ1n) is 9.78. The number of aryl methyl sites for hydroxylation is 1. The van der Waals surface area contributed by atoms with Crippen molar-refractivity contribution in [2.24, 2.45) is 5.73 Å². The topological polar surface area (TPSA) is 149 Å². The largest absolute Gasteiger partial charge is 0.466 e. The van der Waals surface area contributed by atoms with Crippen LogP contribution in [0.15, 0.2) is 65.1 Å². The second-order valence-corrected chi connectivity index (χ2v) is 7.18. The number of carbonyl (C=O) groups excluding carboxylic acids is 2. The number of anilines is 1. The first-order valence-corrected chi connectivity index (χ1v) is 9.78. The number of esters is 2. The van der Waals surface area contributed by atoms with Crippen LogP contribution in [-0.2, 0) is 19.1 Å². The molecule has 0 saturated carbocycles.